The molecule has 0 saturated heterocycles. The molecule has 0 atom stereocenters. The fourth-order valence-corrected chi connectivity index (χ4v) is 6.71. The van der Waals surface area contributed by atoms with Crippen LogP contribution in [0.3, 0.4) is 0 Å². The van der Waals surface area contributed by atoms with E-state index in [-0.39, 0.29) is 18.2 Å². The van der Waals surface area contributed by atoms with Crippen LogP contribution in [0.15, 0.2) is 10.3 Å². The molecule has 0 aliphatic rings. The van der Waals surface area contributed by atoms with Crippen molar-refractivity contribution in [3.63, 3.8) is 0 Å². The number of halogens is 1. The standard InChI is InChI=1S/C6H13Si.BrH.Mg/c1-5-6-7(2,3)4;;/h1,6H2,2-4H3;1H;/q;;+1/p-1. The molecule has 0 saturated carbocycles. The van der Waals surface area contributed by atoms with Gasteiger partial charge in [-0.25, -0.2) is 0 Å². The van der Waals surface area contributed by atoms with E-state index in [1.807, 2.05) is 0 Å². The average Bonchev–Trinajstić information content (AvgIpc) is 1.62. The van der Waals surface area contributed by atoms with Crippen molar-refractivity contribution in [1.82, 2.24) is 0 Å². The monoisotopic (exact) mass is 216 g/mol. The molecule has 0 fully saturated rings. The van der Waals surface area contributed by atoms with Gasteiger partial charge in [-0.2, -0.15) is 3.70 Å². The van der Waals surface area contributed by atoms with Crippen LogP contribution >= 0.6 is 12.9 Å². The maximum atomic E-state index is 4.01. The third-order valence-electron chi connectivity index (χ3n) is 0.969. The summed E-state index contributed by atoms with van der Waals surface area (Å²) in [5, 5.41) is 0. The van der Waals surface area contributed by atoms with Crippen LogP contribution in [-0.4, -0.2) is 26.3 Å². The average molecular weight is 217 g/mol. The highest BCUT2D eigenvalue weighted by molar-refractivity contribution is 9.23. The van der Waals surface area contributed by atoms with Crippen molar-refractivity contribution in [1.29, 1.82) is 0 Å². The van der Waals surface area contributed by atoms with Gasteiger partial charge in [0.1, 0.15) is 0 Å². The third-order valence-corrected chi connectivity index (χ3v) is 6.04. The second kappa shape index (κ2) is 4.16. The molecular weight excluding hydrogens is 204 g/mol. The van der Waals surface area contributed by atoms with Gasteiger partial charge in [0.2, 0.25) is 0 Å². The van der Waals surface area contributed by atoms with Crippen molar-refractivity contribution in [3.8, 4) is 0 Å². The quantitative estimate of drug-likeness (QED) is 0.638. The number of allylic oxidation sites excluding steroid dienone is 1. The maximum Gasteiger partial charge on any atom is 0.500 e. The Kier molecular flexibility index (Phi) is 4.71. The van der Waals surface area contributed by atoms with Crippen molar-refractivity contribution in [3.05, 3.63) is 10.3 Å². The second-order valence-electron chi connectivity index (χ2n) is 3.62. The van der Waals surface area contributed by atoms with Crippen LogP contribution in [0.4, 0.5) is 0 Å². The zero-order chi connectivity index (χ0) is 7.49. The first-order valence-electron chi connectivity index (χ1n) is 3.18. The SMILES string of the molecule is C=[C](C[Si](C)(C)C)[Mg][Br]. The highest BCUT2D eigenvalue weighted by Crippen LogP contribution is 2.14. The van der Waals surface area contributed by atoms with Crippen molar-refractivity contribution in [2.24, 2.45) is 0 Å². The molecule has 0 rings (SSSR count). The van der Waals surface area contributed by atoms with Crippen LogP contribution in [0.2, 0.25) is 25.7 Å². The summed E-state index contributed by atoms with van der Waals surface area (Å²) in [5.41, 5.74) is 0. The number of rotatable bonds is 3. The molecule has 0 aliphatic carbocycles. The summed E-state index contributed by atoms with van der Waals surface area (Å²) in [4.78, 5) is 0. The summed E-state index contributed by atoms with van der Waals surface area (Å²) in [6, 6.07) is 1.31. The highest BCUT2D eigenvalue weighted by atomic mass is 79.9. The molecule has 0 aliphatic heterocycles. The van der Waals surface area contributed by atoms with E-state index in [0.29, 0.717) is 0 Å². The molecule has 0 nitrogen and oxygen atoms in total. The van der Waals surface area contributed by atoms with Crippen LogP contribution in [0.5, 0.6) is 0 Å². The van der Waals surface area contributed by atoms with Gasteiger partial charge in [0, 0.05) is 8.07 Å². The van der Waals surface area contributed by atoms with E-state index in [0.717, 1.165) is 0 Å². The lowest BCUT2D eigenvalue weighted by Gasteiger charge is -2.16. The van der Waals surface area contributed by atoms with Crippen molar-refractivity contribution >= 4 is 39.2 Å². The van der Waals surface area contributed by atoms with Gasteiger partial charge in [-0.3, -0.25) is 12.9 Å². The van der Waals surface area contributed by atoms with Crippen molar-refractivity contribution in [2.45, 2.75) is 25.7 Å². The fraction of sp³-hybridized carbons (Fsp3) is 0.667. The molecule has 50 valence electrons. The maximum absolute atomic E-state index is 4.01. The molecule has 0 aromatic carbocycles. The molecule has 0 aromatic heterocycles. The molecule has 0 N–H and O–H groups in total. The third kappa shape index (κ3) is 7.10. The Morgan fingerprint density at radius 2 is 2.00 bits per heavy atom. The highest BCUT2D eigenvalue weighted by Gasteiger charge is 2.13. The van der Waals surface area contributed by atoms with Crippen LogP contribution < -0.4 is 0 Å². The summed E-state index contributed by atoms with van der Waals surface area (Å²) in [6.45, 7) is 11.2. The predicted octanol–water partition coefficient (Wildman–Crippen LogP) is 2.85. The van der Waals surface area contributed by atoms with E-state index in [2.05, 4.69) is 39.1 Å². The minimum Gasteiger partial charge on any atom is -0.297 e. The molecular formula is C6H13BrMgSi. The molecule has 0 unspecified atom stereocenters. The summed E-state index contributed by atoms with van der Waals surface area (Å²) < 4.78 is 1.48. The van der Waals surface area contributed by atoms with E-state index >= 15 is 0 Å². The van der Waals surface area contributed by atoms with Crippen molar-refractivity contribution < 1.29 is 0 Å². The fourth-order valence-electron chi connectivity index (χ4n) is 0.797. The van der Waals surface area contributed by atoms with E-state index in [1.165, 1.54) is 9.75 Å². The van der Waals surface area contributed by atoms with Gasteiger partial charge in [-0.05, 0) is 0 Å². The van der Waals surface area contributed by atoms with E-state index in [4.69, 9.17) is 0 Å². The molecule has 0 spiro atoms. The Morgan fingerprint density at radius 1 is 1.56 bits per heavy atom. The van der Waals surface area contributed by atoms with Crippen LogP contribution in [-0.2, 0) is 0 Å². The van der Waals surface area contributed by atoms with E-state index in [1.54, 1.807) is 0 Å². The Hall–Kier alpha value is 1.20. The van der Waals surface area contributed by atoms with E-state index < -0.39 is 8.07 Å². The number of hydrogen-bond donors (Lipinski definition) is 0. The van der Waals surface area contributed by atoms with Crippen LogP contribution in [0.25, 0.3) is 0 Å². The first-order chi connectivity index (χ1) is 3.95. The molecule has 9 heavy (non-hydrogen) atoms. The zero-order valence-corrected chi connectivity index (χ0v) is 10.5. The Balaban J connectivity index is 3.60. The molecule has 3 heteroatoms. The smallest absolute Gasteiger partial charge is 0.297 e. The normalized spacial score (nSPS) is 10.7. The van der Waals surface area contributed by atoms with Gasteiger partial charge < -0.3 is 0 Å². The van der Waals surface area contributed by atoms with Crippen LogP contribution in [0, 0.1) is 0 Å². The molecule has 0 aromatic rings. The largest absolute Gasteiger partial charge is 0.500 e. The van der Waals surface area contributed by atoms with Gasteiger partial charge >= 0.3 is 18.2 Å². The van der Waals surface area contributed by atoms with Gasteiger partial charge in [-0.15, -0.1) is 6.58 Å². The van der Waals surface area contributed by atoms with Gasteiger partial charge in [0.15, 0.2) is 0 Å². The topological polar surface area (TPSA) is 0 Å². The number of hydrogen-bond acceptors (Lipinski definition) is 0. The van der Waals surface area contributed by atoms with Gasteiger partial charge in [0.25, 0.3) is 0 Å². The van der Waals surface area contributed by atoms with Crippen molar-refractivity contribution in [2.75, 3.05) is 0 Å². The Morgan fingerprint density at radius 3 is 2.11 bits per heavy atom. The first kappa shape index (κ1) is 10.2. The summed E-state index contributed by atoms with van der Waals surface area (Å²) in [6.07, 6.45) is 0. The molecule has 0 bridgehead atoms. The summed E-state index contributed by atoms with van der Waals surface area (Å²) >= 11 is 3.44. The lowest BCUT2D eigenvalue weighted by molar-refractivity contribution is 1.49. The molecule has 0 radical (unpaired) electrons. The predicted molar refractivity (Wildman–Crippen MR) is 52.0 cm³/mol. The van der Waals surface area contributed by atoms with Gasteiger partial charge in [-0.1, -0.05) is 25.7 Å². The van der Waals surface area contributed by atoms with E-state index in [9.17, 15) is 0 Å². The Bertz CT molecular complexity index is 106. The van der Waals surface area contributed by atoms with Gasteiger partial charge in [0.05, 0.1) is 0 Å². The minimum atomic E-state index is -0.836. The molecule has 0 heterocycles. The van der Waals surface area contributed by atoms with Crippen LogP contribution in [0.1, 0.15) is 0 Å². The lowest BCUT2D eigenvalue weighted by Crippen LogP contribution is -2.20. The Labute approximate surface area is 74.7 Å². The first-order valence-corrected chi connectivity index (χ1v) is 11.5. The summed E-state index contributed by atoms with van der Waals surface area (Å²) in [5.74, 6) is 0. The minimum absolute atomic E-state index is 0.0887. The lowest BCUT2D eigenvalue weighted by atomic mass is 10.7. The zero-order valence-electron chi connectivity index (χ0n) is 6.50. The summed E-state index contributed by atoms with van der Waals surface area (Å²) in [7, 11) is -0.836. The molecule has 0 amide bonds. The second-order valence-corrected chi connectivity index (χ2v) is 12.0.